The molecule has 0 unspecified atom stereocenters. The van der Waals surface area contributed by atoms with Gasteiger partial charge in [-0.2, -0.15) is 0 Å². The van der Waals surface area contributed by atoms with Gasteiger partial charge in [-0.05, 0) is 118 Å². The van der Waals surface area contributed by atoms with E-state index < -0.39 is 0 Å². The monoisotopic (exact) mass is 524 g/mol. The summed E-state index contributed by atoms with van der Waals surface area (Å²) < 4.78 is 0. The first-order chi connectivity index (χ1) is 20.9. The smallest absolute Gasteiger partial charge is 0.000717 e. The minimum Gasteiger partial charge on any atom is -0.0616 e. The predicted octanol–water partition coefficient (Wildman–Crippen LogP) is 12.1. The van der Waals surface area contributed by atoms with Gasteiger partial charge in [0.1, 0.15) is 0 Å². The maximum Gasteiger partial charge on any atom is -0.000717 e. The summed E-state index contributed by atoms with van der Waals surface area (Å²) in [6.45, 7) is 0. The highest BCUT2D eigenvalue weighted by Gasteiger charge is 2.26. The SMILES string of the molecule is c1ccc2c(c1)c1cccc3c4ccc5c6cccc7c8ccccc8c8ccc9c%10ccc2c(c13)c%10c4c5c9c8c76. The molecule has 12 aromatic rings. The van der Waals surface area contributed by atoms with Crippen molar-refractivity contribution in [3.05, 3.63) is 121 Å². The molecule has 0 radical (unpaired) electrons. The Kier molecular flexibility index (Phi) is 3.18. The standard InChI is InChI=1S/C42H20/c1-3-9-23-21(7-1)25-11-5-13-27-31-19-20-32-28-14-6-12-26-22-8-2-4-10-24(22)30-16-18-34-33-17-15-29(23)37(35(25)27)39(33)41(31)42(32)40(34)38(30)36(26)28/h1-20H. The van der Waals surface area contributed by atoms with Gasteiger partial charge in [-0.25, -0.2) is 0 Å². The quantitative estimate of drug-likeness (QED) is 0.137. The maximum absolute atomic E-state index is 2.42. The van der Waals surface area contributed by atoms with Crippen molar-refractivity contribution >= 4 is 118 Å². The van der Waals surface area contributed by atoms with Crippen molar-refractivity contribution in [1.82, 2.24) is 0 Å². The number of hydrogen-bond acceptors (Lipinski definition) is 0. The van der Waals surface area contributed by atoms with Gasteiger partial charge in [0.2, 0.25) is 0 Å². The average Bonchev–Trinajstić information content (AvgIpc) is 3.06. The van der Waals surface area contributed by atoms with Gasteiger partial charge in [-0.3, -0.25) is 0 Å². The lowest BCUT2D eigenvalue weighted by molar-refractivity contribution is 1.80. The molecule has 0 heteroatoms. The van der Waals surface area contributed by atoms with E-state index in [2.05, 4.69) is 121 Å². The van der Waals surface area contributed by atoms with Crippen molar-refractivity contribution in [1.29, 1.82) is 0 Å². The van der Waals surface area contributed by atoms with Crippen LogP contribution in [-0.2, 0) is 0 Å². The molecule has 0 aliphatic heterocycles. The molecule has 0 saturated carbocycles. The van der Waals surface area contributed by atoms with Crippen LogP contribution in [0.1, 0.15) is 0 Å². The Hall–Kier alpha value is -5.46. The summed E-state index contributed by atoms with van der Waals surface area (Å²) in [5.74, 6) is 0. The first-order valence-corrected chi connectivity index (χ1v) is 14.9. The molecule has 12 rings (SSSR count). The van der Waals surface area contributed by atoms with Crippen LogP contribution in [0, 0.1) is 0 Å². The highest BCUT2D eigenvalue weighted by atomic mass is 14.3. The second kappa shape index (κ2) is 6.54. The molecule has 0 nitrogen and oxygen atoms in total. The van der Waals surface area contributed by atoms with E-state index in [1.165, 1.54) is 118 Å². The third kappa shape index (κ3) is 2.00. The number of benzene rings is 12. The van der Waals surface area contributed by atoms with Crippen molar-refractivity contribution in [2.24, 2.45) is 0 Å². The Labute approximate surface area is 239 Å². The lowest BCUT2D eigenvalue weighted by Crippen LogP contribution is -1.96. The first kappa shape index (κ1) is 20.4. The molecule has 0 bridgehead atoms. The fourth-order valence-corrected chi connectivity index (χ4v) is 9.16. The molecule has 188 valence electrons. The molecular formula is C42H20. The van der Waals surface area contributed by atoms with E-state index in [9.17, 15) is 0 Å². The van der Waals surface area contributed by atoms with Crippen LogP contribution in [0.5, 0.6) is 0 Å². The van der Waals surface area contributed by atoms with E-state index in [-0.39, 0.29) is 0 Å². The van der Waals surface area contributed by atoms with E-state index in [1.54, 1.807) is 0 Å². The summed E-state index contributed by atoms with van der Waals surface area (Å²) in [4.78, 5) is 0. The lowest BCUT2D eigenvalue weighted by atomic mass is 9.77. The minimum absolute atomic E-state index is 1.34. The summed E-state index contributed by atoms with van der Waals surface area (Å²) in [5.41, 5.74) is 0. The molecule has 12 aromatic carbocycles. The Morgan fingerprint density at radius 2 is 0.333 bits per heavy atom. The Morgan fingerprint density at radius 1 is 0.143 bits per heavy atom. The van der Waals surface area contributed by atoms with E-state index in [1.807, 2.05) is 0 Å². The lowest BCUT2D eigenvalue weighted by Gasteiger charge is -2.25. The van der Waals surface area contributed by atoms with E-state index in [0.717, 1.165) is 0 Å². The minimum atomic E-state index is 1.34. The van der Waals surface area contributed by atoms with Crippen LogP contribution in [0.2, 0.25) is 0 Å². The Morgan fingerprint density at radius 3 is 0.643 bits per heavy atom. The van der Waals surface area contributed by atoms with Gasteiger partial charge in [-0.1, -0.05) is 121 Å². The van der Waals surface area contributed by atoms with Crippen molar-refractivity contribution in [3.8, 4) is 0 Å². The molecule has 0 spiro atoms. The van der Waals surface area contributed by atoms with Crippen LogP contribution in [-0.4, -0.2) is 0 Å². The zero-order chi connectivity index (χ0) is 26.8. The third-order valence-electron chi connectivity index (χ3n) is 10.6. The highest BCUT2D eigenvalue weighted by Crippen LogP contribution is 2.55. The van der Waals surface area contributed by atoms with Gasteiger partial charge >= 0.3 is 0 Å². The van der Waals surface area contributed by atoms with Crippen LogP contribution in [0.4, 0.5) is 0 Å². The van der Waals surface area contributed by atoms with E-state index in [4.69, 9.17) is 0 Å². The molecule has 0 aromatic heterocycles. The molecular weight excluding hydrogens is 504 g/mol. The second-order valence-electron chi connectivity index (χ2n) is 12.3. The normalized spacial score (nSPS) is 13.2. The van der Waals surface area contributed by atoms with Gasteiger partial charge in [-0.15, -0.1) is 0 Å². The van der Waals surface area contributed by atoms with Crippen LogP contribution in [0.25, 0.3) is 118 Å². The molecule has 0 heterocycles. The fraction of sp³-hybridized carbons (Fsp3) is 0. The summed E-state index contributed by atoms with van der Waals surface area (Å²) in [6, 6.07) is 46.3. The average molecular weight is 525 g/mol. The summed E-state index contributed by atoms with van der Waals surface area (Å²) in [6.07, 6.45) is 0. The molecule has 0 amide bonds. The summed E-state index contributed by atoms with van der Waals surface area (Å²) >= 11 is 0. The largest absolute Gasteiger partial charge is 0.0616 e. The van der Waals surface area contributed by atoms with Crippen LogP contribution >= 0.6 is 0 Å². The molecule has 0 atom stereocenters. The Balaban J connectivity index is 1.52. The van der Waals surface area contributed by atoms with Crippen molar-refractivity contribution in [2.75, 3.05) is 0 Å². The van der Waals surface area contributed by atoms with Crippen LogP contribution in [0.15, 0.2) is 121 Å². The van der Waals surface area contributed by atoms with Crippen molar-refractivity contribution < 1.29 is 0 Å². The number of rotatable bonds is 0. The molecule has 0 aliphatic carbocycles. The van der Waals surface area contributed by atoms with Gasteiger partial charge in [0.05, 0.1) is 0 Å². The maximum atomic E-state index is 2.42. The van der Waals surface area contributed by atoms with Crippen molar-refractivity contribution in [2.45, 2.75) is 0 Å². The Bertz CT molecular complexity index is 2890. The molecule has 0 aliphatic rings. The highest BCUT2D eigenvalue weighted by molar-refractivity contribution is 6.53. The molecule has 42 heavy (non-hydrogen) atoms. The molecule has 0 fully saturated rings. The number of fused-ring (bicyclic) bond motifs is 9. The predicted molar refractivity (Wildman–Crippen MR) is 184 cm³/mol. The van der Waals surface area contributed by atoms with E-state index in [0.29, 0.717) is 0 Å². The molecule has 0 saturated heterocycles. The van der Waals surface area contributed by atoms with Gasteiger partial charge in [0.25, 0.3) is 0 Å². The first-order valence-electron chi connectivity index (χ1n) is 14.9. The third-order valence-corrected chi connectivity index (χ3v) is 10.6. The number of hydrogen-bond donors (Lipinski definition) is 0. The van der Waals surface area contributed by atoms with Gasteiger partial charge < -0.3 is 0 Å². The second-order valence-corrected chi connectivity index (χ2v) is 12.3. The zero-order valence-electron chi connectivity index (χ0n) is 22.5. The topological polar surface area (TPSA) is 0 Å². The fourth-order valence-electron chi connectivity index (χ4n) is 9.16. The summed E-state index contributed by atoms with van der Waals surface area (Å²) in [7, 11) is 0. The van der Waals surface area contributed by atoms with E-state index >= 15 is 0 Å². The zero-order valence-corrected chi connectivity index (χ0v) is 22.5. The van der Waals surface area contributed by atoms with Gasteiger partial charge in [0.15, 0.2) is 0 Å². The van der Waals surface area contributed by atoms with Crippen LogP contribution < -0.4 is 0 Å². The molecule has 0 N–H and O–H groups in total. The van der Waals surface area contributed by atoms with Crippen molar-refractivity contribution in [3.63, 3.8) is 0 Å². The summed E-state index contributed by atoms with van der Waals surface area (Å²) in [5, 5.41) is 30.4. The van der Waals surface area contributed by atoms with Gasteiger partial charge in [0, 0.05) is 0 Å². The van der Waals surface area contributed by atoms with Crippen LogP contribution in [0.3, 0.4) is 0 Å².